The quantitative estimate of drug-likeness (QED) is 0.449. The van der Waals surface area contributed by atoms with E-state index in [0.717, 1.165) is 0 Å². The molecular weight excluding hydrogens is 246 g/mol. The standard InChI is InChI=1S/C9H9N3O6/c13-9(10-5-6-18-12(16)17)7-1-3-8(4-2-7)11(14)15/h1-4H,5-6H2,(H,10,13). The molecule has 0 saturated heterocycles. The lowest BCUT2D eigenvalue weighted by Gasteiger charge is -2.03. The maximum absolute atomic E-state index is 11.5. The highest BCUT2D eigenvalue weighted by molar-refractivity contribution is 5.94. The zero-order chi connectivity index (χ0) is 13.5. The lowest BCUT2D eigenvalue weighted by atomic mass is 10.2. The molecule has 1 N–H and O–H groups in total. The number of carbonyl (C=O) groups is 1. The number of nitro benzene ring substituents is 1. The van der Waals surface area contributed by atoms with Gasteiger partial charge in [0.15, 0.2) is 0 Å². The number of non-ortho nitro benzene ring substituents is 1. The van der Waals surface area contributed by atoms with Crippen LogP contribution < -0.4 is 5.32 Å². The summed E-state index contributed by atoms with van der Waals surface area (Å²) in [4.78, 5) is 35.1. The Morgan fingerprint density at radius 1 is 1.22 bits per heavy atom. The van der Waals surface area contributed by atoms with Crippen LogP contribution in [0, 0.1) is 20.2 Å². The number of amides is 1. The summed E-state index contributed by atoms with van der Waals surface area (Å²) in [6, 6.07) is 4.98. The summed E-state index contributed by atoms with van der Waals surface area (Å²) in [5.41, 5.74) is 0.102. The maximum atomic E-state index is 11.5. The van der Waals surface area contributed by atoms with Crippen molar-refractivity contribution in [1.82, 2.24) is 5.32 Å². The van der Waals surface area contributed by atoms with Crippen molar-refractivity contribution in [3.05, 3.63) is 50.1 Å². The van der Waals surface area contributed by atoms with Crippen LogP contribution in [0.5, 0.6) is 0 Å². The van der Waals surface area contributed by atoms with E-state index < -0.39 is 15.9 Å². The van der Waals surface area contributed by atoms with E-state index in [1.165, 1.54) is 24.3 Å². The topological polar surface area (TPSA) is 125 Å². The maximum Gasteiger partial charge on any atom is 0.294 e. The van der Waals surface area contributed by atoms with E-state index in [-0.39, 0.29) is 24.4 Å². The molecule has 9 heteroatoms. The number of nitrogens with one attached hydrogen (secondary N) is 1. The summed E-state index contributed by atoms with van der Waals surface area (Å²) in [5.74, 6) is -0.489. The van der Waals surface area contributed by atoms with Crippen LogP contribution in [0.1, 0.15) is 10.4 Å². The Labute approximate surface area is 101 Å². The predicted molar refractivity (Wildman–Crippen MR) is 58.4 cm³/mol. The van der Waals surface area contributed by atoms with E-state index in [4.69, 9.17) is 0 Å². The zero-order valence-electron chi connectivity index (χ0n) is 9.07. The van der Waals surface area contributed by atoms with E-state index in [0.29, 0.717) is 0 Å². The molecule has 0 radical (unpaired) electrons. The first kappa shape index (κ1) is 13.4. The van der Waals surface area contributed by atoms with Crippen molar-refractivity contribution in [1.29, 1.82) is 0 Å². The summed E-state index contributed by atoms with van der Waals surface area (Å²) in [7, 11) is 0. The van der Waals surface area contributed by atoms with Crippen LogP contribution in [0.15, 0.2) is 24.3 Å². The highest BCUT2D eigenvalue weighted by Gasteiger charge is 2.08. The third kappa shape index (κ3) is 4.04. The Balaban J connectivity index is 2.46. The molecule has 0 aromatic heterocycles. The zero-order valence-corrected chi connectivity index (χ0v) is 9.07. The first-order chi connectivity index (χ1) is 8.50. The smallest absolute Gasteiger partial charge is 0.294 e. The van der Waals surface area contributed by atoms with Crippen LogP contribution in [0.4, 0.5) is 5.69 Å². The first-order valence-electron chi connectivity index (χ1n) is 4.80. The number of nitrogens with zero attached hydrogens (tertiary/aromatic N) is 2. The number of carbonyl (C=O) groups excluding carboxylic acids is 1. The molecule has 1 aromatic carbocycles. The molecule has 0 aliphatic rings. The molecule has 0 heterocycles. The summed E-state index contributed by atoms with van der Waals surface area (Å²) >= 11 is 0. The van der Waals surface area contributed by atoms with Gasteiger partial charge in [-0.25, -0.2) is 0 Å². The highest BCUT2D eigenvalue weighted by Crippen LogP contribution is 2.11. The van der Waals surface area contributed by atoms with Crippen molar-refractivity contribution >= 4 is 11.6 Å². The van der Waals surface area contributed by atoms with Crippen LogP contribution in [0.25, 0.3) is 0 Å². The molecule has 0 atom stereocenters. The van der Waals surface area contributed by atoms with Gasteiger partial charge < -0.3 is 10.2 Å². The minimum absolute atomic E-state index is 0.0310. The number of benzene rings is 1. The molecule has 0 fully saturated rings. The van der Waals surface area contributed by atoms with Crippen molar-refractivity contribution in [2.45, 2.75) is 0 Å². The average Bonchev–Trinajstić information content (AvgIpc) is 2.34. The average molecular weight is 255 g/mol. The van der Waals surface area contributed by atoms with Gasteiger partial charge in [0.2, 0.25) is 0 Å². The molecule has 0 unspecified atom stereocenters. The Hall–Kier alpha value is -2.71. The van der Waals surface area contributed by atoms with E-state index in [1.807, 2.05) is 0 Å². The van der Waals surface area contributed by atoms with Gasteiger partial charge in [-0.15, -0.1) is 10.1 Å². The molecule has 0 bridgehead atoms. The molecule has 9 nitrogen and oxygen atoms in total. The molecule has 1 amide bonds. The minimum Gasteiger partial charge on any atom is -0.350 e. The second-order valence-electron chi connectivity index (χ2n) is 3.12. The van der Waals surface area contributed by atoms with Crippen molar-refractivity contribution in [2.75, 3.05) is 13.2 Å². The van der Waals surface area contributed by atoms with E-state index in [2.05, 4.69) is 10.2 Å². The van der Waals surface area contributed by atoms with Crippen molar-refractivity contribution in [2.24, 2.45) is 0 Å². The first-order valence-corrected chi connectivity index (χ1v) is 4.80. The summed E-state index contributed by atoms with van der Waals surface area (Å²) < 4.78 is 0. The highest BCUT2D eigenvalue weighted by atomic mass is 16.9. The van der Waals surface area contributed by atoms with Gasteiger partial charge in [0.25, 0.3) is 16.7 Å². The second-order valence-corrected chi connectivity index (χ2v) is 3.12. The van der Waals surface area contributed by atoms with Gasteiger partial charge in [0, 0.05) is 24.2 Å². The fourth-order valence-electron chi connectivity index (χ4n) is 1.12. The molecule has 0 aliphatic carbocycles. The number of rotatable bonds is 6. The molecule has 1 rings (SSSR count). The molecule has 18 heavy (non-hydrogen) atoms. The molecule has 96 valence electrons. The minimum atomic E-state index is -0.960. The molecule has 0 saturated carbocycles. The third-order valence-corrected chi connectivity index (χ3v) is 1.92. The van der Waals surface area contributed by atoms with Gasteiger partial charge in [-0.05, 0) is 12.1 Å². The SMILES string of the molecule is O=C(NCCO[N+](=O)[O-])c1ccc([N+](=O)[O-])cc1. The van der Waals surface area contributed by atoms with Crippen LogP contribution in [-0.4, -0.2) is 29.1 Å². The Bertz CT molecular complexity index is 458. The fourth-order valence-corrected chi connectivity index (χ4v) is 1.12. The Morgan fingerprint density at radius 3 is 2.33 bits per heavy atom. The van der Waals surface area contributed by atoms with Gasteiger partial charge in [-0.1, -0.05) is 0 Å². The van der Waals surface area contributed by atoms with Gasteiger partial charge >= 0.3 is 0 Å². The molecule has 0 spiro atoms. The van der Waals surface area contributed by atoms with Crippen molar-refractivity contribution < 1.29 is 19.6 Å². The van der Waals surface area contributed by atoms with Gasteiger partial charge in [-0.2, -0.15) is 0 Å². The van der Waals surface area contributed by atoms with E-state index in [1.54, 1.807) is 0 Å². The van der Waals surface area contributed by atoms with Gasteiger partial charge in [0.1, 0.15) is 6.61 Å². The van der Waals surface area contributed by atoms with Gasteiger partial charge in [0.05, 0.1) is 4.92 Å². The van der Waals surface area contributed by atoms with Crippen LogP contribution in [0.3, 0.4) is 0 Å². The summed E-state index contributed by atoms with van der Waals surface area (Å²) in [6.45, 7) is -0.289. The van der Waals surface area contributed by atoms with Crippen LogP contribution in [-0.2, 0) is 4.84 Å². The predicted octanol–water partition coefficient (Wildman–Crippen LogP) is 0.533. The second kappa shape index (κ2) is 6.13. The van der Waals surface area contributed by atoms with Crippen LogP contribution in [0.2, 0.25) is 0 Å². The largest absolute Gasteiger partial charge is 0.350 e. The van der Waals surface area contributed by atoms with E-state index in [9.17, 15) is 25.0 Å². The van der Waals surface area contributed by atoms with Gasteiger partial charge in [-0.3, -0.25) is 14.9 Å². The number of hydrogen-bond donors (Lipinski definition) is 1. The van der Waals surface area contributed by atoms with Crippen molar-refractivity contribution in [3.63, 3.8) is 0 Å². The molecular formula is C9H9N3O6. The third-order valence-electron chi connectivity index (χ3n) is 1.92. The Morgan fingerprint density at radius 2 is 1.83 bits per heavy atom. The molecule has 1 aromatic rings. The fraction of sp³-hybridized carbons (Fsp3) is 0.222. The normalized spacial score (nSPS) is 9.56. The Kier molecular flexibility index (Phi) is 4.55. The number of nitro groups is 1. The van der Waals surface area contributed by atoms with E-state index >= 15 is 0 Å². The number of hydrogen-bond acceptors (Lipinski definition) is 6. The summed E-state index contributed by atoms with van der Waals surface area (Å²) in [5, 5.41) is 21.6. The van der Waals surface area contributed by atoms with Crippen LogP contribution >= 0.6 is 0 Å². The van der Waals surface area contributed by atoms with Crippen molar-refractivity contribution in [3.8, 4) is 0 Å². The summed E-state index contributed by atoms with van der Waals surface area (Å²) in [6.07, 6.45) is 0. The lowest BCUT2D eigenvalue weighted by Crippen LogP contribution is -2.27. The monoisotopic (exact) mass is 255 g/mol. The lowest BCUT2D eigenvalue weighted by molar-refractivity contribution is -0.757. The molecule has 0 aliphatic heterocycles.